The average Bonchev–Trinajstić information content (AvgIpc) is 3.26. The number of nitrogens with two attached hydrogens (primary N) is 1. The number of ether oxygens (including phenoxy) is 3. The summed E-state index contributed by atoms with van der Waals surface area (Å²) in [5.74, 6) is 0.834. The van der Waals surface area contributed by atoms with Gasteiger partial charge in [-0.25, -0.2) is 4.98 Å². The Kier molecular flexibility index (Phi) is 6.48. The number of aryl methyl sites for hydroxylation is 2. The Bertz CT molecular complexity index is 1120. The van der Waals surface area contributed by atoms with Crippen molar-refractivity contribution in [1.29, 1.82) is 0 Å². The molecule has 33 heavy (non-hydrogen) atoms. The molecule has 172 valence electrons. The van der Waals surface area contributed by atoms with Gasteiger partial charge in [-0.3, -0.25) is 9.59 Å². The van der Waals surface area contributed by atoms with Gasteiger partial charge in [-0.15, -0.1) is 0 Å². The summed E-state index contributed by atoms with van der Waals surface area (Å²) < 4.78 is 18.2. The lowest BCUT2D eigenvalue weighted by atomic mass is 10.1. The second-order valence-corrected chi connectivity index (χ2v) is 7.69. The highest BCUT2D eigenvalue weighted by Gasteiger charge is 2.19. The number of hydrogen-bond acceptors (Lipinski definition) is 6. The number of fused-ring (bicyclic) bond motifs is 1. The second kappa shape index (κ2) is 9.64. The van der Waals surface area contributed by atoms with Crippen LogP contribution in [-0.4, -0.2) is 42.2 Å². The zero-order valence-electron chi connectivity index (χ0n) is 18.6. The van der Waals surface area contributed by atoms with Crippen molar-refractivity contribution in [3.8, 4) is 28.5 Å². The SMILES string of the molecule is COc1cc(C(=O)Nc2ccc(-c3cn4c(n3)CCCC4)cc2)cc(OC)c1OCC(N)=O. The fourth-order valence-electron chi connectivity index (χ4n) is 3.78. The highest BCUT2D eigenvalue weighted by atomic mass is 16.5. The Morgan fingerprint density at radius 2 is 1.79 bits per heavy atom. The van der Waals surface area contributed by atoms with Crippen LogP contribution in [0.5, 0.6) is 17.2 Å². The molecule has 0 aliphatic carbocycles. The van der Waals surface area contributed by atoms with E-state index in [-0.39, 0.29) is 29.8 Å². The molecular weight excluding hydrogens is 424 g/mol. The van der Waals surface area contributed by atoms with E-state index in [2.05, 4.69) is 16.1 Å². The van der Waals surface area contributed by atoms with Gasteiger partial charge in [-0.1, -0.05) is 12.1 Å². The van der Waals surface area contributed by atoms with Crippen LogP contribution in [0.2, 0.25) is 0 Å². The maximum Gasteiger partial charge on any atom is 0.255 e. The van der Waals surface area contributed by atoms with Gasteiger partial charge < -0.3 is 29.8 Å². The molecule has 0 radical (unpaired) electrons. The molecule has 9 nitrogen and oxygen atoms in total. The van der Waals surface area contributed by atoms with Crippen LogP contribution in [0.4, 0.5) is 5.69 Å². The lowest BCUT2D eigenvalue weighted by Crippen LogP contribution is -2.20. The van der Waals surface area contributed by atoms with Crippen LogP contribution in [0.3, 0.4) is 0 Å². The Morgan fingerprint density at radius 1 is 1.09 bits per heavy atom. The van der Waals surface area contributed by atoms with Gasteiger partial charge in [0, 0.05) is 36.0 Å². The van der Waals surface area contributed by atoms with Crippen molar-refractivity contribution in [3.63, 3.8) is 0 Å². The zero-order valence-corrected chi connectivity index (χ0v) is 18.6. The van der Waals surface area contributed by atoms with E-state index in [9.17, 15) is 9.59 Å². The van der Waals surface area contributed by atoms with Crippen molar-refractivity contribution in [3.05, 3.63) is 54.0 Å². The molecule has 9 heteroatoms. The van der Waals surface area contributed by atoms with Crippen molar-refractivity contribution in [2.24, 2.45) is 5.73 Å². The Labute approximate surface area is 191 Å². The van der Waals surface area contributed by atoms with E-state index in [1.807, 2.05) is 24.3 Å². The summed E-state index contributed by atoms with van der Waals surface area (Å²) >= 11 is 0. The third-order valence-electron chi connectivity index (χ3n) is 5.43. The molecule has 0 bridgehead atoms. The van der Waals surface area contributed by atoms with E-state index in [1.54, 1.807) is 0 Å². The minimum atomic E-state index is -0.639. The number of nitrogens with zero attached hydrogens (tertiary/aromatic N) is 2. The number of imidazole rings is 1. The molecule has 0 fully saturated rings. The van der Waals surface area contributed by atoms with Crippen LogP contribution in [0.15, 0.2) is 42.6 Å². The third kappa shape index (κ3) is 4.92. The first kappa shape index (κ1) is 22.2. The van der Waals surface area contributed by atoms with Crippen LogP contribution in [0, 0.1) is 0 Å². The number of nitrogens with one attached hydrogen (secondary N) is 1. The van der Waals surface area contributed by atoms with Crippen LogP contribution in [-0.2, 0) is 17.8 Å². The number of carbonyl (C=O) groups excluding carboxylic acids is 2. The predicted octanol–water partition coefficient (Wildman–Crippen LogP) is 3.02. The first-order valence-electron chi connectivity index (χ1n) is 10.6. The standard InChI is InChI=1S/C24H26N4O5/c1-31-19-11-16(12-20(32-2)23(19)33-14-21(25)29)24(30)26-17-8-6-15(7-9-17)18-13-28-10-4-3-5-22(28)27-18/h6-9,11-13H,3-5,10,14H2,1-2H3,(H2,25,29)(H,26,30). The van der Waals surface area contributed by atoms with Crippen molar-refractivity contribution in [2.75, 3.05) is 26.1 Å². The molecule has 0 atom stereocenters. The Morgan fingerprint density at radius 3 is 2.39 bits per heavy atom. The number of methoxy groups -OCH3 is 2. The first-order valence-corrected chi connectivity index (χ1v) is 10.6. The topological polar surface area (TPSA) is 118 Å². The van der Waals surface area contributed by atoms with Gasteiger partial charge in [0.25, 0.3) is 11.8 Å². The van der Waals surface area contributed by atoms with Gasteiger partial charge in [-0.2, -0.15) is 0 Å². The second-order valence-electron chi connectivity index (χ2n) is 7.69. The van der Waals surface area contributed by atoms with Gasteiger partial charge in [-0.05, 0) is 37.1 Å². The third-order valence-corrected chi connectivity index (χ3v) is 5.43. The summed E-state index contributed by atoms with van der Waals surface area (Å²) in [7, 11) is 2.86. The molecule has 2 aromatic carbocycles. The van der Waals surface area contributed by atoms with E-state index >= 15 is 0 Å². The molecule has 0 unspecified atom stereocenters. The van der Waals surface area contributed by atoms with Crippen molar-refractivity contribution in [1.82, 2.24) is 9.55 Å². The van der Waals surface area contributed by atoms with E-state index in [1.165, 1.54) is 39.2 Å². The minimum absolute atomic E-state index is 0.197. The summed E-state index contributed by atoms with van der Waals surface area (Å²) in [6.45, 7) is 0.667. The van der Waals surface area contributed by atoms with Crippen molar-refractivity contribution < 1.29 is 23.8 Å². The summed E-state index contributed by atoms with van der Waals surface area (Å²) in [4.78, 5) is 28.7. The number of benzene rings is 2. The van der Waals surface area contributed by atoms with Gasteiger partial charge >= 0.3 is 0 Å². The van der Waals surface area contributed by atoms with Gasteiger partial charge in [0.15, 0.2) is 18.1 Å². The van der Waals surface area contributed by atoms with Crippen LogP contribution < -0.4 is 25.3 Å². The largest absolute Gasteiger partial charge is 0.493 e. The van der Waals surface area contributed by atoms with Gasteiger partial charge in [0.05, 0.1) is 19.9 Å². The molecule has 0 saturated carbocycles. The van der Waals surface area contributed by atoms with E-state index < -0.39 is 5.91 Å². The van der Waals surface area contributed by atoms with Crippen LogP contribution in [0.1, 0.15) is 29.0 Å². The van der Waals surface area contributed by atoms with Crippen LogP contribution in [0.25, 0.3) is 11.3 Å². The van der Waals surface area contributed by atoms with E-state index in [4.69, 9.17) is 24.9 Å². The van der Waals surface area contributed by atoms with E-state index in [0.29, 0.717) is 11.3 Å². The Hall–Kier alpha value is -4.01. The van der Waals surface area contributed by atoms with Crippen LogP contribution >= 0.6 is 0 Å². The maximum absolute atomic E-state index is 12.9. The summed E-state index contributed by atoms with van der Waals surface area (Å²) in [5.41, 5.74) is 8.02. The first-order chi connectivity index (χ1) is 16.0. The summed E-state index contributed by atoms with van der Waals surface area (Å²) in [6.07, 6.45) is 5.45. The smallest absolute Gasteiger partial charge is 0.255 e. The highest BCUT2D eigenvalue weighted by molar-refractivity contribution is 6.05. The van der Waals surface area contributed by atoms with Crippen molar-refractivity contribution >= 4 is 17.5 Å². The number of carbonyl (C=O) groups is 2. The lowest BCUT2D eigenvalue weighted by molar-refractivity contribution is -0.120. The molecule has 1 aromatic heterocycles. The fourth-order valence-corrected chi connectivity index (χ4v) is 3.78. The number of anilines is 1. The quantitative estimate of drug-likeness (QED) is 0.545. The number of rotatable bonds is 8. The molecule has 4 rings (SSSR count). The molecule has 1 aliphatic rings. The molecular formula is C24H26N4O5. The average molecular weight is 450 g/mol. The molecule has 3 aromatic rings. The normalized spacial score (nSPS) is 12.5. The minimum Gasteiger partial charge on any atom is -0.493 e. The number of hydrogen-bond donors (Lipinski definition) is 2. The van der Waals surface area contributed by atoms with Gasteiger partial charge in [0.2, 0.25) is 5.75 Å². The Balaban J connectivity index is 1.50. The monoisotopic (exact) mass is 450 g/mol. The molecule has 2 heterocycles. The summed E-state index contributed by atoms with van der Waals surface area (Å²) in [6, 6.07) is 10.6. The predicted molar refractivity (Wildman–Crippen MR) is 123 cm³/mol. The number of aromatic nitrogens is 2. The maximum atomic E-state index is 12.9. The molecule has 0 saturated heterocycles. The van der Waals surface area contributed by atoms with E-state index in [0.717, 1.165) is 30.0 Å². The molecule has 3 N–H and O–H groups in total. The lowest BCUT2D eigenvalue weighted by Gasteiger charge is -2.15. The van der Waals surface area contributed by atoms with Crippen molar-refractivity contribution in [2.45, 2.75) is 25.8 Å². The molecule has 0 spiro atoms. The number of primary amides is 1. The zero-order chi connectivity index (χ0) is 23.4. The van der Waals surface area contributed by atoms with Gasteiger partial charge in [0.1, 0.15) is 5.82 Å². The molecule has 1 aliphatic heterocycles. The number of amides is 2. The fraction of sp³-hybridized carbons (Fsp3) is 0.292. The summed E-state index contributed by atoms with van der Waals surface area (Å²) in [5, 5.41) is 2.87. The highest BCUT2D eigenvalue weighted by Crippen LogP contribution is 2.38. The molecule has 2 amide bonds.